The molecular formula is C14H6N2O6. The van der Waals surface area contributed by atoms with Crippen molar-refractivity contribution >= 4 is 22.9 Å². The van der Waals surface area contributed by atoms with Gasteiger partial charge in [0, 0.05) is 17.2 Å². The molecule has 0 aromatic heterocycles. The van der Waals surface area contributed by atoms with Crippen molar-refractivity contribution in [2.24, 2.45) is 0 Å². The Morgan fingerprint density at radius 1 is 0.727 bits per heavy atom. The van der Waals surface area contributed by atoms with Gasteiger partial charge in [0.15, 0.2) is 0 Å². The van der Waals surface area contributed by atoms with Crippen LogP contribution in [0.4, 0.5) is 11.4 Å². The molecule has 2 aromatic rings. The Kier molecular flexibility index (Phi) is 2.81. The van der Waals surface area contributed by atoms with Crippen LogP contribution in [-0.4, -0.2) is 21.4 Å². The fraction of sp³-hybridized carbons (Fsp3) is 0. The number of rotatable bonds is 2. The fourth-order valence-corrected chi connectivity index (χ4v) is 2.52. The van der Waals surface area contributed by atoms with Crippen LogP contribution in [0.25, 0.3) is 11.1 Å². The highest BCUT2D eigenvalue weighted by Gasteiger charge is 2.41. The Morgan fingerprint density at radius 2 is 1.36 bits per heavy atom. The van der Waals surface area contributed by atoms with Crippen LogP contribution in [-0.2, 0) is 0 Å². The number of ketones is 2. The maximum atomic E-state index is 12.2. The number of nitrogens with zero attached hydrogens (tertiary/aromatic N) is 2. The van der Waals surface area contributed by atoms with Crippen molar-refractivity contribution in [1.82, 2.24) is 0 Å². The standard InChI is InChI=1S/C14H6N2O6/c17-13-9-4-2-1-3-7(9)8-5-6-10(15(19)20)12(16(21)22)11(8)14(13)18/h1-6H. The summed E-state index contributed by atoms with van der Waals surface area (Å²) in [5.74, 6) is -2.02. The van der Waals surface area contributed by atoms with Crippen LogP contribution < -0.4 is 0 Å². The Labute approximate surface area is 122 Å². The van der Waals surface area contributed by atoms with Gasteiger partial charge in [-0.3, -0.25) is 29.8 Å². The second-order valence-electron chi connectivity index (χ2n) is 4.57. The minimum atomic E-state index is -1.11. The molecule has 0 bridgehead atoms. The first-order chi connectivity index (χ1) is 10.4. The van der Waals surface area contributed by atoms with Crippen molar-refractivity contribution in [3.63, 3.8) is 0 Å². The summed E-state index contributed by atoms with van der Waals surface area (Å²) in [7, 11) is 0. The van der Waals surface area contributed by atoms with E-state index < -0.39 is 38.4 Å². The van der Waals surface area contributed by atoms with Crippen LogP contribution in [0.15, 0.2) is 36.4 Å². The van der Waals surface area contributed by atoms with Gasteiger partial charge in [0.25, 0.3) is 0 Å². The fourth-order valence-electron chi connectivity index (χ4n) is 2.52. The lowest BCUT2D eigenvalue weighted by Gasteiger charge is -2.17. The van der Waals surface area contributed by atoms with E-state index >= 15 is 0 Å². The molecule has 22 heavy (non-hydrogen) atoms. The maximum Gasteiger partial charge on any atom is 0.357 e. The largest absolute Gasteiger partial charge is 0.357 e. The zero-order valence-electron chi connectivity index (χ0n) is 10.8. The van der Waals surface area contributed by atoms with Crippen molar-refractivity contribution in [3.05, 3.63) is 67.8 Å². The van der Waals surface area contributed by atoms with E-state index in [2.05, 4.69) is 0 Å². The summed E-state index contributed by atoms with van der Waals surface area (Å²) in [6.45, 7) is 0. The Hall–Kier alpha value is -3.42. The van der Waals surface area contributed by atoms with Gasteiger partial charge in [-0.2, -0.15) is 0 Å². The third-order valence-electron chi connectivity index (χ3n) is 3.43. The third kappa shape index (κ3) is 1.71. The van der Waals surface area contributed by atoms with Gasteiger partial charge in [-0.1, -0.05) is 24.3 Å². The van der Waals surface area contributed by atoms with Gasteiger partial charge in [0.05, 0.1) is 9.85 Å². The van der Waals surface area contributed by atoms with Crippen LogP contribution in [0, 0.1) is 20.2 Å². The minimum Gasteiger partial charge on any atom is -0.285 e. The van der Waals surface area contributed by atoms with E-state index in [1.165, 1.54) is 18.2 Å². The van der Waals surface area contributed by atoms with Crippen LogP contribution in [0.3, 0.4) is 0 Å². The van der Waals surface area contributed by atoms with Gasteiger partial charge in [-0.25, -0.2) is 0 Å². The molecule has 0 saturated carbocycles. The van der Waals surface area contributed by atoms with E-state index in [1.54, 1.807) is 12.1 Å². The average Bonchev–Trinajstić information content (AvgIpc) is 2.51. The number of carbonyl (C=O) groups excluding carboxylic acids is 2. The highest BCUT2D eigenvalue weighted by atomic mass is 16.6. The minimum absolute atomic E-state index is 0.128. The summed E-state index contributed by atoms with van der Waals surface area (Å²) in [5.41, 5.74) is -1.66. The van der Waals surface area contributed by atoms with Crippen molar-refractivity contribution in [1.29, 1.82) is 0 Å². The number of hydrogen-bond donors (Lipinski definition) is 0. The lowest BCUT2D eigenvalue weighted by atomic mass is 9.83. The lowest BCUT2D eigenvalue weighted by Crippen LogP contribution is -2.22. The summed E-state index contributed by atoms with van der Waals surface area (Å²) in [4.78, 5) is 44.5. The first-order valence-corrected chi connectivity index (χ1v) is 6.07. The highest BCUT2D eigenvalue weighted by molar-refractivity contribution is 6.53. The van der Waals surface area contributed by atoms with Gasteiger partial charge < -0.3 is 0 Å². The summed E-state index contributed by atoms with van der Waals surface area (Å²) < 4.78 is 0. The lowest BCUT2D eigenvalue weighted by molar-refractivity contribution is -0.422. The topological polar surface area (TPSA) is 120 Å². The van der Waals surface area contributed by atoms with Crippen LogP contribution in [0.1, 0.15) is 20.7 Å². The molecule has 0 aliphatic heterocycles. The molecule has 0 unspecified atom stereocenters. The van der Waals surface area contributed by atoms with E-state index in [-0.39, 0.29) is 11.1 Å². The maximum absolute atomic E-state index is 12.2. The number of Topliss-reactive ketones (excluding diaryl/α,β-unsaturated/α-hetero) is 2. The summed E-state index contributed by atoms with van der Waals surface area (Å²) >= 11 is 0. The third-order valence-corrected chi connectivity index (χ3v) is 3.43. The predicted molar refractivity (Wildman–Crippen MR) is 73.8 cm³/mol. The normalized spacial score (nSPS) is 12.5. The number of nitro groups is 2. The van der Waals surface area contributed by atoms with E-state index in [4.69, 9.17) is 0 Å². The van der Waals surface area contributed by atoms with Crippen molar-refractivity contribution < 1.29 is 19.4 Å². The van der Waals surface area contributed by atoms with Crippen LogP contribution in [0.5, 0.6) is 0 Å². The molecule has 0 heterocycles. The molecule has 1 aliphatic carbocycles. The van der Waals surface area contributed by atoms with E-state index in [9.17, 15) is 29.8 Å². The van der Waals surface area contributed by atoms with E-state index in [1.807, 2.05) is 0 Å². The second kappa shape index (κ2) is 4.55. The molecule has 3 rings (SSSR count). The first kappa shape index (κ1) is 13.6. The monoisotopic (exact) mass is 298 g/mol. The van der Waals surface area contributed by atoms with Crippen molar-refractivity contribution in [2.75, 3.05) is 0 Å². The molecule has 0 spiro atoms. The predicted octanol–water partition coefficient (Wildman–Crippen LogP) is 2.55. The van der Waals surface area contributed by atoms with Crippen LogP contribution in [0.2, 0.25) is 0 Å². The van der Waals surface area contributed by atoms with Gasteiger partial charge >= 0.3 is 11.4 Å². The number of hydrogen-bond acceptors (Lipinski definition) is 6. The second-order valence-corrected chi connectivity index (χ2v) is 4.57. The van der Waals surface area contributed by atoms with E-state index in [0.717, 1.165) is 6.07 Å². The quantitative estimate of drug-likeness (QED) is 0.477. The van der Waals surface area contributed by atoms with E-state index in [0.29, 0.717) is 5.56 Å². The zero-order valence-corrected chi connectivity index (χ0v) is 10.8. The van der Waals surface area contributed by atoms with Gasteiger partial charge in [-0.05, 0) is 11.6 Å². The number of benzene rings is 2. The summed E-state index contributed by atoms with van der Waals surface area (Å²) in [6.07, 6.45) is 0. The molecular weight excluding hydrogens is 292 g/mol. The van der Waals surface area contributed by atoms with Gasteiger partial charge in [0.1, 0.15) is 5.56 Å². The molecule has 0 fully saturated rings. The summed E-state index contributed by atoms with van der Waals surface area (Å²) in [6, 6.07) is 8.37. The Morgan fingerprint density at radius 3 is 1.95 bits per heavy atom. The van der Waals surface area contributed by atoms with Crippen molar-refractivity contribution in [2.45, 2.75) is 0 Å². The Balaban J connectivity index is 2.46. The first-order valence-electron chi connectivity index (χ1n) is 6.07. The molecule has 0 radical (unpaired) electrons. The highest BCUT2D eigenvalue weighted by Crippen LogP contribution is 2.42. The summed E-state index contributed by atoms with van der Waals surface area (Å²) in [5, 5.41) is 22.2. The molecule has 0 N–H and O–H groups in total. The number of carbonyl (C=O) groups is 2. The molecule has 8 heteroatoms. The zero-order chi connectivity index (χ0) is 16.0. The smallest absolute Gasteiger partial charge is 0.285 e. The molecule has 2 aromatic carbocycles. The SMILES string of the molecule is O=C1C(=O)c2c(ccc([N+](=O)[O-])c2[N+](=O)[O-])-c2ccccc21. The van der Waals surface area contributed by atoms with Gasteiger partial charge in [0.2, 0.25) is 11.6 Å². The van der Waals surface area contributed by atoms with Crippen LogP contribution >= 0.6 is 0 Å². The molecule has 0 saturated heterocycles. The molecule has 108 valence electrons. The number of fused-ring (bicyclic) bond motifs is 3. The molecule has 8 nitrogen and oxygen atoms in total. The van der Waals surface area contributed by atoms with Gasteiger partial charge in [-0.15, -0.1) is 0 Å². The molecule has 0 atom stereocenters. The molecule has 0 amide bonds. The van der Waals surface area contributed by atoms with Crippen molar-refractivity contribution in [3.8, 4) is 11.1 Å². The number of nitro benzene ring substituents is 2. The molecule has 1 aliphatic rings. The average molecular weight is 298 g/mol. The Bertz CT molecular complexity index is 887.